The lowest BCUT2D eigenvalue weighted by atomic mass is 9.98. The van der Waals surface area contributed by atoms with E-state index in [4.69, 9.17) is 37.2 Å². The van der Waals surface area contributed by atoms with Crippen LogP contribution in [0.4, 0.5) is 0 Å². The minimum Gasteiger partial charge on any atom is -0.456 e. The molecule has 0 bridgehead atoms. The zero-order valence-electron chi connectivity index (χ0n) is 58.7. The fourth-order valence-corrected chi connectivity index (χ4v) is 13.9. The quantitative estimate of drug-likeness (QED) is 0.107. The van der Waals surface area contributed by atoms with Crippen LogP contribution in [0.5, 0.6) is 0 Å². The summed E-state index contributed by atoms with van der Waals surface area (Å²) in [4.78, 5) is 14.7. The molecule has 0 aliphatic heterocycles. The number of rotatable bonds is 9. The summed E-state index contributed by atoms with van der Waals surface area (Å²) in [5, 5.41) is 1.93. The molecule has 5 nitrogen and oxygen atoms in total. The Balaban J connectivity index is 1.20. The second kappa shape index (κ2) is 16.7. The van der Waals surface area contributed by atoms with E-state index in [9.17, 15) is 13.7 Å². The average Bonchev–Trinajstić information content (AvgIpc) is 1.50. The monoisotopic (exact) mass is 921 g/mol. The lowest BCUT2D eigenvalue weighted by Crippen LogP contribution is -2.74. The molecule has 0 saturated carbocycles. The summed E-state index contributed by atoms with van der Waals surface area (Å²) in [5.74, 6) is -1.70. The Bertz CT molecular complexity index is 5230. The summed E-state index contributed by atoms with van der Waals surface area (Å²) >= 11 is 0. The Morgan fingerprint density at radius 3 is 1.58 bits per heavy atom. The van der Waals surface area contributed by atoms with Gasteiger partial charge in [-0.2, -0.15) is 0 Å². The van der Waals surface area contributed by atoms with Gasteiger partial charge in [-0.1, -0.05) is 212 Å². The van der Waals surface area contributed by atoms with Crippen molar-refractivity contribution in [1.29, 1.82) is 0 Å². The second-order valence-corrected chi connectivity index (χ2v) is 19.6. The Labute approximate surface area is 432 Å². The fraction of sp³-hybridized carbons (Fsp3) is 0. The number of para-hydroxylation sites is 4. The molecule has 0 aliphatic carbocycles. The lowest BCUT2D eigenvalue weighted by Gasteiger charge is -2.34. The highest BCUT2D eigenvalue weighted by atomic mass is 28.3. The molecule has 324 valence electrons. The topological polar surface area (TPSA) is 56.7 Å². The molecule has 6 heteroatoms. The minimum absolute atomic E-state index is 0.190. The normalized spacial score (nSPS) is 16.4. The van der Waals surface area contributed by atoms with E-state index in [0.29, 0.717) is 0 Å². The molecule has 0 fully saturated rings. The maximum absolute atomic E-state index is 10.2. The predicted molar refractivity (Wildman–Crippen MR) is 287 cm³/mol. The zero-order chi connectivity index (χ0) is 65.7. The van der Waals surface area contributed by atoms with E-state index in [0.717, 1.165) is 25.3 Å². The van der Waals surface area contributed by atoms with Gasteiger partial charge in [-0.25, -0.2) is 15.0 Å². The third-order valence-electron chi connectivity index (χ3n) is 12.0. The Morgan fingerprint density at radius 1 is 0.391 bits per heavy atom. The Kier molecular flexibility index (Phi) is 5.61. The molecule has 0 amide bonds. The maximum atomic E-state index is 10.2. The zero-order valence-corrected chi connectivity index (χ0v) is 36.7. The molecule has 0 atom stereocenters. The van der Waals surface area contributed by atoms with Gasteiger partial charge < -0.3 is 8.98 Å². The molecule has 10 aromatic carbocycles. The van der Waals surface area contributed by atoms with Crippen LogP contribution in [0, 0.1) is 0 Å². The fourth-order valence-electron chi connectivity index (χ4n) is 9.09. The number of furan rings is 1. The Morgan fingerprint density at radius 2 is 0.899 bits per heavy atom. The molecule has 3 aromatic heterocycles. The van der Waals surface area contributed by atoms with E-state index in [2.05, 4.69) is 0 Å². The van der Waals surface area contributed by atoms with Crippen molar-refractivity contribution in [2.75, 3.05) is 0 Å². The van der Waals surface area contributed by atoms with Crippen LogP contribution in [0.2, 0.25) is 0 Å². The van der Waals surface area contributed by atoms with Gasteiger partial charge in [0.2, 0.25) is 0 Å². The van der Waals surface area contributed by atoms with Gasteiger partial charge in [0.15, 0.2) is 25.5 Å². The molecular formula is C63H42N4OSi. The van der Waals surface area contributed by atoms with Gasteiger partial charge in [0.05, 0.1) is 48.2 Å². The SMILES string of the molecule is [2H]c1c([2H])c(-c2nc(-c3cccc([Si](c4ccccc4)(c4ccccc4)c4ccccc4)c3)nc(-c3c([2H])c([2H])c([2H])c([2H])c3-n3c4c([2H])c([2H])c([2H])c([2H])c4c4c([2H])c([2H])c([2H])c([2H])c43)n2)c([2H])c(-c2c([2H])c([2H])c([2H])c3oc4c([2H])c([2H])c([2H])c([2H])c4c23)c1[2H]. The van der Waals surface area contributed by atoms with Crippen molar-refractivity contribution in [3.63, 3.8) is 0 Å². The number of benzene rings is 10. The van der Waals surface area contributed by atoms with Crippen molar-refractivity contribution < 1.29 is 35.9 Å². The number of nitrogens with zero attached hydrogens (tertiary/aromatic N) is 4. The average molecular weight is 922 g/mol. The van der Waals surface area contributed by atoms with E-state index >= 15 is 0 Å². The minimum atomic E-state index is -3.43. The van der Waals surface area contributed by atoms with E-state index in [1.165, 1.54) is 0 Å². The first kappa shape index (κ1) is 23.2. The van der Waals surface area contributed by atoms with Gasteiger partial charge >= 0.3 is 0 Å². The predicted octanol–water partition coefficient (Wildman–Crippen LogP) is 12.9. The number of hydrogen-bond donors (Lipinski definition) is 0. The first-order chi connectivity index (χ1) is 43.8. The van der Waals surface area contributed by atoms with Crippen LogP contribution in [0.25, 0.3) is 94.7 Å². The van der Waals surface area contributed by atoms with Gasteiger partial charge in [-0.3, -0.25) is 0 Å². The highest BCUT2D eigenvalue weighted by molar-refractivity contribution is 7.19. The van der Waals surface area contributed by atoms with Crippen LogP contribution in [-0.2, 0) is 0 Å². The van der Waals surface area contributed by atoms with Gasteiger partial charge in [-0.15, -0.1) is 0 Å². The van der Waals surface area contributed by atoms with Crippen LogP contribution in [0.3, 0.4) is 0 Å². The Hall–Kier alpha value is -8.97. The van der Waals surface area contributed by atoms with Gasteiger partial charge in [0.1, 0.15) is 11.2 Å². The molecule has 3 heterocycles. The van der Waals surface area contributed by atoms with Crippen molar-refractivity contribution >= 4 is 72.6 Å². The lowest BCUT2D eigenvalue weighted by molar-refractivity contribution is 0.669. The molecule has 0 saturated heterocycles. The van der Waals surface area contributed by atoms with Crippen molar-refractivity contribution in [2.45, 2.75) is 0 Å². The highest BCUT2D eigenvalue weighted by Crippen LogP contribution is 2.39. The van der Waals surface area contributed by atoms with E-state index in [1.807, 2.05) is 103 Å². The second-order valence-electron chi connectivity index (χ2n) is 15.8. The van der Waals surface area contributed by atoms with Crippen LogP contribution < -0.4 is 20.7 Å². The van der Waals surface area contributed by atoms with E-state index < -0.39 is 225 Å². The first-order valence-corrected chi connectivity index (χ1v) is 23.5. The number of fused-ring (bicyclic) bond motifs is 6. The molecule has 0 radical (unpaired) electrons. The van der Waals surface area contributed by atoms with Crippen molar-refractivity contribution in [2.24, 2.45) is 0 Å². The molecule has 13 aromatic rings. The molecule has 0 unspecified atom stereocenters. The van der Waals surface area contributed by atoms with Crippen molar-refractivity contribution in [1.82, 2.24) is 19.5 Å². The summed E-state index contributed by atoms with van der Waals surface area (Å²) in [5.41, 5.74) is -5.18. The molecule has 0 aliphatic rings. The largest absolute Gasteiger partial charge is 0.456 e. The van der Waals surface area contributed by atoms with Gasteiger partial charge in [-0.05, 0) is 74.2 Å². The molecule has 0 spiro atoms. The summed E-state index contributed by atoms with van der Waals surface area (Å²) in [6.45, 7) is 0. The van der Waals surface area contributed by atoms with Gasteiger partial charge in [0.25, 0.3) is 0 Å². The van der Waals surface area contributed by atoms with Crippen LogP contribution in [0.1, 0.15) is 31.5 Å². The summed E-state index contributed by atoms with van der Waals surface area (Å²) in [6, 6.07) is 17.5. The maximum Gasteiger partial charge on any atom is 0.179 e. The van der Waals surface area contributed by atoms with E-state index in [1.54, 1.807) is 12.1 Å². The molecule has 69 heavy (non-hydrogen) atoms. The van der Waals surface area contributed by atoms with E-state index in [-0.39, 0.29) is 16.8 Å². The molecule has 0 N–H and O–H groups in total. The molecular weight excluding hydrogens is 857 g/mol. The smallest absolute Gasteiger partial charge is 0.179 e. The van der Waals surface area contributed by atoms with Crippen LogP contribution >= 0.6 is 0 Å². The van der Waals surface area contributed by atoms with Crippen LogP contribution in [0.15, 0.2) is 259 Å². The third-order valence-corrected chi connectivity index (χ3v) is 16.8. The number of aromatic nitrogens is 4. The van der Waals surface area contributed by atoms with Crippen molar-refractivity contribution in [3.05, 3.63) is 254 Å². The first-order valence-electron chi connectivity index (χ1n) is 33.0. The molecule has 13 rings (SSSR count). The summed E-state index contributed by atoms with van der Waals surface area (Å²) < 4.78 is 218. The number of hydrogen-bond acceptors (Lipinski definition) is 4. The van der Waals surface area contributed by atoms with Crippen molar-refractivity contribution in [3.8, 4) is 51.0 Å². The van der Waals surface area contributed by atoms with Gasteiger partial charge in [0, 0.05) is 38.2 Å². The third kappa shape index (κ3) is 6.72. The summed E-state index contributed by atoms with van der Waals surface area (Å²) in [7, 11) is -3.43. The highest BCUT2D eigenvalue weighted by Gasteiger charge is 2.41. The standard InChI is InChI=1S/C63H42N4OSi/c1-4-24-46(25-5-1)69(47-26-6-2-7-27-47,48-28-8-3-9-29-48)49-30-19-23-45(42-49)62-64-61(44-22-18-21-43(41-44)50-35-20-40-59-60(50)54-34-13-17-39-58(54)68-59)65-63(66-62)53-33-12-16-38-57(53)67-55-36-14-10-31-51(55)52-32-11-15-37-56(52)67/h1-42H/i10D,11D,12D,13D,14D,15D,16D,17D,18D,20D,21D,22D,31D,32D,33D,34D,35D,36D,37D,38D,39D,40D,41D. The summed E-state index contributed by atoms with van der Waals surface area (Å²) in [6.07, 6.45) is 0. The van der Waals surface area contributed by atoms with Crippen LogP contribution in [-0.4, -0.2) is 27.6 Å².